The van der Waals surface area contributed by atoms with Gasteiger partial charge in [0.2, 0.25) is 0 Å². The number of hydrogen-bond donors (Lipinski definition) is 1. The Bertz CT molecular complexity index is 1800. The number of furan rings is 1. The highest BCUT2D eigenvalue weighted by Crippen LogP contribution is 2.39. The maximum Gasteiger partial charge on any atom is 0.177 e. The van der Waals surface area contributed by atoms with Crippen LogP contribution in [0.5, 0.6) is 5.75 Å². The molecule has 0 unspecified atom stereocenters. The second kappa shape index (κ2) is 7.00. The number of benzene rings is 5. The van der Waals surface area contributed by atoms with Crippen LogP contribution >= 0.6 is 15.9 Å². The van der Waals surface area contributed by atoms with E-state index in [9.17, 15) is 5.11 Å². The fourth-order valence-corrected chi connectivity index (χ4v) is 4.54. The van der Waals surface area contributed by atoms with E-state index in [0.29, 0.717) is 22.3 Å². The van der Waals surface area contributed by atoms with Crippen molar-refractivity contribution >= 4 is 48.6 Å². The highest BCUT2D eigenvalue weighted by atomic mass is 79.9. The van der Waals surface area contributed by atoms with Gasteiger partial charge in [0, 0.05) is 20.8 Å². The summed E-state index contributed by atoms with van der Waals surface area (Å²) in [7, 11) is 0. The van der Waals surface area contributed by atoms with Crippen molar-refractivity contribution in [3.05, 3.63) is 101 Å². The fraction of sp³-hybridized carbons (Fsp3) is 0. The van der Waals surface area contributed by atoms with E-state index < -0.39 is 0 Å². The third-order valence-corrected chi connectivity index (χ3v) is 6.23. The first kappa shape index (κ1) is 14.4. The molecular formula is C28H17BrO2. The van der Waals surface area contributed by atoms with Crippen molar-refractivity contribution in [2.75, 3.05) is 0 Å². The number of rotatable bonds is 2. The van der Waals surface area contributed by atoms with E-state index in [4.69, 9.17) is 9.90 Å². The molecule has 6 aromatic rings. The van der Waals surface area contributed by atoms with E-state index >= 15 is 0 Å². The number of fused-ring (bicyclic) bond motifs is 4. The van der Waals surface area contributed by atoms with Gasteiger partial charge in [-0.05, 0) is 39.6 Å². The zero-order chi connectivity index (χ0) is 24.4. The first-order valence-corrected chi connectivity index (χ1v) is 10.6. The smallest absolute Gasteiger partial charge is 0.177 e. The molecule has 0 amide bonds. The van der Waals surface area contributed by atoms with Gasteiger partial charge < -0.3 is 9.52 Å². The Balaban J connectivity index is 1.67. The van der Waals surface area contributed by atoms with Gasteiger partial charge in [-0.2, -0.15) is 0 Å². The Hall–Kier alpha value is -3.56. The standard InChI is InChI=1S/C28H17BrO2/c29-25-16-15-19(21-5-1-2-6-22(21)25)17-11-13-18(14-12-17)20-7-3-8-23-24-9-4-10-26(30)28(24)31-27(20)23/h1-16,30H/i11D,12D,13D,14D. The zero-order valence-corrected chi connectivity index (χ0v) is 17.7. The summed E-state index contributed by atoms with van der Waals surface area (Å²) in [5.74, 6) is 0.00155. The number of aromatic hydroxyl groups is 1. The van der Waals surface area contributed by atoms with Crippen molar-refractivity contribution in [3.8, 4) is 28.0 Å². The number of phenolic OH excluding ortho intramolecular Hbond substituents is 1. The van der Waals surface area contributed by atoms with Gasteiger partial charge in [0.1, 0.15) is 5.58 Å². The SMILES string of the molecule is [2H]c1c([2H])c(-c2cccc3c2oc2c(O)cccc23)c([2H])c([2H])c1-c1ccc(Br)c2ccccc12. The minimum atomic E-state index is -0.148. The fourth-order valence-electron chi connectivity index (χ4n) is 4.06. The Labute approximate surface area is 193 Å². The summed E-state index contributed by atoms with van der Waals surface area (Å²) in [4.78, 5) is 0. The molecule has 0 aliphatic carbocycles. The van der Waals surface area contributed by atoms with Crippen molar-refractivity contribution in [2.24, 2.45) is 0 Å². The van der Waals surface area contributed by atoms with Gasteiger partial charge >= 0.3 is 0 Å². The molecule has 3 heteroatoms. The second-order valence-corrected chi connectivity index (χ2v) is 8.18. The lowest BCUT2D eigenvalue weighted by Gasteiger charge is -2.10. The van der Waals surface area contributed by atoms with Crippen LogP contribution in [0.3, 0.4) is 0 Å². The quantitative estimate of drug-likeness (QED) is 0.276. The van der Waals surface area contributed by atoms with Crippen molar-refractivity contribution < 1.29 is 15.0 Å². The molecule has 1 aromatic heterocycles. The maximum atomic E-state index is 10.3. The van der Waals surface area contributed by atoms with Crippen molar-refractivity contribution in [2.45, 2.75) is 0 Å². The van der Waals surface area contributed by atoms with Crippen LogP contribution < -0.4 is 0 Å². The van der Waals surface area contributed by atoms with Gasteiger partial charge in [0.05, 0.1) is 5.48 Å². The molecular weight excluding hydrogens is 448 g/mol. The van der Waals surface area contributed by atoms with E-state index in [1.54, 1.807) is 18.2 Å². The van der Waals surface area contributed by atoms with Gasteiger partial charge in [0.15, 0.2) is 11.3 Å². The molecule has 2 nitrogen and oxygen atoms in total. The molecule has 0 saturated carbocycles. The van der Waals surface area contributed by atoms with E-state index in [2.05, 4.69) is 15.9 Å². The van der Waals surface area contributed by atoms with Gasteiger partial charge in [0.25, 0.3) is 0 Å². The molecule has 0 saturated heterocycles. The van der Waals surface area contributed by atoms with Crippen LogP contribution in [-0.4, -0.2) is 5.11 Å². The van der Waals surface area contributed by atoms with Crippen molar-refractivity contribution in [3.63, 3.8) is 0 Å². The predicted octanol–water partition coefficient (Wildman–Crippen LogP) is 8.54. The number of halogens is 1. The van der Waals surface area contributed by atoms with Gasteiger partial charge in [-0.3, -0.25) is 0 Å². The Morgan fingerprint density at radius 3 is 2.00 bits per heavy atom. The molecule has 0 radical (unpaired) electrons. The van der Waals surface area contributed by atoms with Gasteiger partial charge in [-0.1, -0.05) is 101 Å². The van der Waals surface area contributed by atoms with Crippen molar-refractivity contribution in [1.82, 2.24) is 0 Å². The second-order valence-electron chi connectivity index (χ2n) is 7.33. The average Bonchev–Trinajstić information content (AvgIpc) is 3.26. The largest absolute Gasteiger partial charge is 0.504 e. The molecule has 0 atom stereocenters. The summed E-state index contributed by atoms with van der Waals surface area (Å²) in [6.07, 6.45) is 0. The lowest BCUT2D eigenvalue weighted by atomic mass is 9.95. The topological polar surface area (TPSA) is 33.4 Å². The van der Waals surface area contributed by atoms with Gasteiger partial charge in [-0.25, -0.2) is 0 Å². The van der Waals surface area contributed by atoms with E-state index in [1.807, 2.05) is 48.5 Å². The van der Waals surface area contributed by atoms with Crippen LogP contribution in [0, 0.1) is 0 Å². The highest BCUT2D eigenvalue weighted by molar-refractivity contribution is 9.10. The highest BCUT2D eigenvalue weighted by Gasteiger charge is 2.14. The minimum absolute atomic E-state index is 0.00155. The maximum absolute atomic E-state index is 10.3. The summed E-state index contributed by atoms with van der Waals surface area (Å²) in [6, 6.07) is 21.3. The van der Waals surface area contributed by atoms with Crippen LogP contribution in [0.4, 0.5) is 0 Å². The first-order valence-electron chi connectivity index (χ1n) is 11.8. The molecule has 0 aliphatic rings. The molecule has 1 heterocycles. The molecule has 0 bridgehead atoms. The number of phenols is 1. The van der Waals surface area contributed by atoms with Crippen molar-refractivity contribution in [1.29, 1.82) is 0 Å². The van der Waals surface area contributed by atoms with Gasteiger partial charge in [-0.15, -0.1) is 0 Å². The van der Waals surface area contributed by atoms with E-state index in [-0.39, 0.29) is 41.0 Å². The van der Waals surface area contributed by atoms with Crippen LogP contribution in [-0.2, 0) is 0 Å². The number of hydrogen-bond acceptors (Lipinski definition) is 2. The van der Waals surface area contributed by atoms with Crippen LogP contribution in [0.1, 0.15) is 5.48 Å². The molecule has 0 fully saturated rings. The summed E-state index contributed by atoms with van der Waals surface area (Å²) < 4.78 is 42.4. The monoisotopic (exact) mass is 468 g/mol. The molecule has 1 N–H and O–H groups in total. The molecule has 31 heavy (non-hydrogen) atoms. The zero-order valence-electron chi connectivity index (χ0n) is 20.2. The third-order valence-electron chi connectivity index (χ3n) is 5.54. The number of para-hydroxylation sites is 2. The molecule has 5 aromatic carbocycles. The van der Waals surface area contributed by atoms with Crippen LogP contribution in [0.2, 0.25) is 0 Å². The first-order chi connectivity index (χ1) is 16.9. The lowest BCUT2D eigenvalue weighted by molar-refractivity contribution is 0.469. The summed E-state index contributed by atoms with van der Waals surface area (Å²) in [5, 5.41) is 13.5. The van der Waals surface area contributed by atoms with Crippen LogP contribution in [0.15, 0.2) is 106 Å². The summed E-state index contributed by atoms with van der Waals surface area (Å²) >= 11 is 3.56. The minimum Gasteiger partial charge on any atom is -0.504 e. The van der Waals surface area contributed by atoms with E-state index in [1.165, 1.54) is 6.07 Å². The Morgan fingerprint density at radius 2 is 1.23 bits per heavy atom. The van der Waals surface area contributed by atoms with Crippen LogP contribution in [0.25, 0.3) is 55.0 Å². The molecule has 0 aliphatic heterocycles. The Kier molecular flexibility index (Phi) is 3.26. The third kappa shape index (κ3) is 2.85. The average molecular weight is 469 g/mol. The molecule has 6 rings (SSSR count). The normalized spacial score (nSPS) is 13.3. The molecule has 148 valence electrons. The Morgan fingerprint density at radius 1 is 0.613 bits per heavy atom. The lowest BCUT2D eigenvalue weighted by Crippen LogP contribution is -1.84. The summed E-state index contributed by atoms with van der Waals surface area (Å²) in [6.45, 7) is 0. The van der Waals surface area contributed by atoms with E-state index in [0.717, 1.165) is 26.0 Å². The molecule has 0 spiro atoms. The summed E-state index contributed by atoms with van der Waals surface area (Å²) in [5.41, 5.74) is 2.23. The predicted molar refractivity (Wildman–Crippen MR) is 131 cm³/mol.